The Hall–Kier alpha value is -1.69. The van der Waals surface area contributed by atoms with Gasteiger partial charge < -0.3 is 14.9 Å². The van der Waals surface area contributed by atoms with E-state index in [2.05, 4.69) is 19.8 Å². The molecule has 0 saturated carbocycles. The summed E-state index contributed by atoms with van der Waals surface area (Å²) in [5.41, 5.74) is 0.675. The largest absolute Gasteiger partial charge is 0.477 e. The Balaban J connectivity index is 1.77. The molecule has 2 saturated heterocycles. The SMILES string of the molecule is CC(C)(C)c1cc(C(=O)O)nc(N2CCC(N3CCCC3)CC2)n1. The first-order valence-corrected chi connectivity index (χ1v) is 8.96. The van der Waals surface area contributed by atoms with Crippen LogP contribution in [0.2, 0.25) is 0 Å². The molecule has 2 aliphatic heterocycles. The summed E-state index contributed by atoms with van der Waals surface area (Å²) in [5, 5.41) is 9.37. The predicted molar refractivity (Wildman–Crippen MR) is 93.7 cm³/mol. The van der Waals surface area contributed by atoms with E-state index in [4.69, 9.17) is 0 Å². The van der Waals surface area contributed by atoms with E-state index in [1.165, 1.54) is 25.9 Å². The van der Waals surface area contributed by atoms with Crippen LogP contribution in [-0.4, -0.2) is 58.2 Å². The number of hydrogen-bond donors (Lipinski definition) is 1. The molecule has 0 spiro atoms. The summed E-state index contributed by atoms with van der Waals surface area (Å²) in [4.78, 5) is 25.1. The lowest BCUT2D eigenvalue weighted by Gasteiger charge is -2.37. The van der Waals surface area contributed by atoms with E-state index in [-0.39, 0.29) is 11.1 Å². The van der Waals surface area contributed by atoms with Crippen molar-refractivity contribution in [2.75, 3.05) is 31.1 Å². The fraction of sp³-hybridized carbons (Fsp3) is 0.722. The molecule has 0 atom stereocenters. The lowest BCUT2D eigenvalue weighted by Crippen LogP contribution is -2.44. The summed E-state index contributed by atoms with van der Waals surface area (Å²) < 4.78 is 0. The number of anilines is 1. The van der Waals surface area contributed by atoms with Gasteiger partial charge in [-0.1, -0.05) is 20.8 Å². The van der Waals surface area contributed by atoms with E-state index in [0.717, 1.165) is 31.6 Å². The number of carboxylic acid groups (broad SMARTS) is 1. The summed E-state index contributed by atoms with van der Waals surface area (Å²) in [6.45, 7) is 10.4. The summed E-state index contributed by atoms with van der Waals surface area (Å²) in [7, 11) is 0. The fourth-order valence-corrected chi connectivity index (χ4v) is 3.61. The Kier molecular flexibility index (Phi) is 4.76. The maximum Gasteiger partial charge on any atom is 0.354 e. The molecular formula is C18H28N4O2. The van der Waals surface area contributed by atoms with Gasteiger partial charge in [-0.15, -0.1) is 0 Å². The molecule has 1 aromatic heterocycles. The van der Waals surface area contributed by atoms with E-state index in [9.17, 15) is 9.90 Å². The quantitative estimate of drug-likeness (QED) is 0.917. The van der Waals surface area contributed by atoms with Gasteiger partial charge in [-0.05, 0) is 44.8 Å². The topological polar surface area (TPSA) is 69.6 Å². The number of aromatic carboxylic acids is 1. The number of nitrogens with zero attached hydrogens (tertiary/aromatic N) is 4. The van der Waals surface area contributed by atoms with Crippen LogP contribution in [0, 0.1) is 0 Å². The Bertz CT molecular complexity index is 598. The van der Waals surface area contributed by atoms with Gasteiger partial charge in [0, 0.05) is 24.5 Å². The van der Waals surface area contributed by atoms with Gasteiger partial charge in [-0.2, -0.15) is 0 Å². The maximum atomic E-state index is 11.4. The molecule has 0 aliphatic carbocycles. The zero-order chi connectivity index (χ0) is 17.3. The predicted octanol–water partition coefficient (Wildman–Crippen LogP) is 2.54. The van der Waals surface area contributed by atoms with Gasteiger partial charge in [-0.25, -0.2) is 14.8 Å². The highest BCUT2D eigenvalue weighted by Crippen LogP contribution is 2.26. The van der Waals surface area contributed by atoms with Crippen molar-refractivity contribution in [3.8, 4) is 0 Å². The molecule has 0 radical (unpaired) electrons. The molecule has 2 aliphatic rings. The van der Waals surface area contributed by atoms with Gasteiger partial charge in [0.05, 0.1) is 5.69 Å². The molecule has 3 heterocycles. The van der Waals surface area contributed by atoms with Crippen LogP contribution in [0.5, 0.6) is 0 Å². The van der Waals surface area contributed by atoms with Crippen molar-refractivity contribution in [2.24, 2.45) is 0 Å². The molecule has 0 aromatic carbocycles. The average molecular weight is 332 g/mol. The number of carbonyl (C=O) groups is 1. The Morgan fingerprint density at radius 1 is 1.12 bits per heavy atom. The van der Waals surface area contributed by atoms with Crippen LogP contribution >= 0.6 is 0 Å². The zero-order valence-electron chi connectivity index (χ0n) is 15.0. The first-order valence-electron chi connectivity index (χ1n) is 8.96. The van der Waals surface area contributed by atoms with Crippen molar-refractivity contribution in [1.29, 1.82) is 0 Å². The number of hydrogen-bond acceptors (Lipinski definition) is 5. The molecule has 24 heavy (non-hydrogen) atoms. The lowest BCUT2D eigenvalue weighted by atomic mass is 9.91. The van der Waals surface area contributed by atoms with Crippen LogP contribution in [0.15, 0.2) is 6.07 Å². The molecule has 1 aromatic rings. The highest BCUT2D eigenvalue weighted by Gasteiger charge is 2.28. The van der Waals surface area contributed by atoms with Crippen molar-refractivity contribution in [3.63, 3.8) is 0 Å². The van der Waals surface area contributed by atoms with Crippen molar-refractivity contribution in [1.82, 2.24) is 14.9 Å². The van der Waals surface area contributed by atoms with E-state index < -0.39 is 5.97 Å². The molecular weight excluding hydrogens is 304 g/mol. The minimum atomic E-state index is -0.990. The first-order chi connectivity index (χ1) is 11.3. The first kappa shape index (κ1) is 17.1. The Morgan fingerprint density at radius 3 is 2.29 bits per heavy atom. The van der Waals surface area contributed by atoms with E-state index in [1.807, 2.05) is 20.8 Å². The number of rotatable bonds is 3. The Morgan fingerprint density at radius 2 is 1.75 bits per heavy atom. The summed E-state index contributed by atoms with van der Waals surface area (Å²) in [5.74, 6) is -0.421. The van der Waals surface area contributed by atoms with Crippen LogP contribution in [0.3, 0.4) is 0 Å². The van der Waals surface area contributed by atoms with Crippen molar-refractivity contribution in [2.45, 2.75) is 57.9 Å². The van der Waals surface area contributed by atoms with Crippen molar-refractivity contribution >= 4 is 11.9 Å². The van der Waals surface area contributed by atoms with Crippen LogP contribution < -0.4 is 4.90 Å². The number of piperidine rings is 1. The van der Waals surface area contributed by atoms with Gasteiger partial charge >= 0.3 is 5.97 Å². The fourth-order valence-electron chi connectivity index (χ4n) is 3.61. The van der Waals surface area contributed by atoms with Crippen LogP contribution in [0.1, 0.15) is 62.6 Å². The highest BCUT2D eigenvalue weighted by molar-refractivity contribution is 5.85. The van der Waals surface area contributed by atoms with Gasteiger partial charge in [0.2, 0.25) is 5.95 Å². The summed E-state index contributed by atoms with van der Waals surface area (Å²) >= 11 is 0. The van der Waals surface area contributed by atoms with Gasteiger partial charge in [0.25, 0.3) is 0 Å². The van der Waals surface area contributed by atoms with Gasteiger partial charge in [0.1, 0.15) is 0 Å². The monoisotopic (exact) mass is 332 g/mol. The molecule has 1 N–H and O–H groups in total. The summed E-state index contributed by atoms with van der Waals surface area (Å²) in [6.07, 6.45) is 4.84. The average Bonchev–Trinajstić information content (AvgIpc) is 3.08. The van der Waals surface area contributed by atoms with Crippen molar-refractivity contribution < 1.29 is 9.90 Å². The van der Waals surface area contributed by atoms with E-state index in [0.29, 0.717) is 12.0 Å². The Labute approximate surface area is 143 Å². The minimum absolute atomic E-state index is 0.0894. The molecule has 2 fully saturated rings. The van der Waals surface area contributed by atoms with E-state index >= 15 is 0 Å². The molecule has 0 bridgehead atoms. The molecule has 0 amide bonds. The number of likely N-dealkylation sites (tertiary alicyclic amines) is 1. The second-order valence-corrected chi connectivity index (χ2v) is 7.95. The third-order valence-corrected chi connectivity index (χ3v) is 5.11. The zero-order valence-corrected chi connectivity index (χ0v) is 15.0. The van der Waals surface area contributed by atoms with E-state index in [1.54, 1.807) is 6.07 Å². The molecule has 3 rings (SSSR count). The lowest BCUT2D eigenvalue weighted by molar-refractivity contribution is 0.0690. The maximum absolute atomic E-state index is 11.4. The smallest absolute Gasteiger partial charge is 0.354 e. The van der Waals surface area contributed by atoms with Crippen LogP contribution in [-0.2, 0) is 5.41 Å². The van der Waals surface area contributed by atoms with Crippen molar-refractivity contribution in [3.05, 3.63) is 17.5 Å². The normalized spacial score (nSPS) is 20.5. The molecule has 132 valence electrons. The second kappa shape index (κ2) is 6.67. The standard InChI is InChI=1S/C18H28N4O2/c1-18(2,3)15-12-14(16(23)24)19-17(20-15)22-10-6-13(7-11-22)21-8-4-5-9-21/h12-13H,4-11H2,1-3H3,(H,23,24). The molecule has 6 heteroatoms. The second-order valence-electron chi connectivity index (χ2n) is 7.95. The highest BCUT2D eigenvalue weighted by atomic mass is 16.4. The van der Waals surface area contributed by atoms with Crippen LogP contribution in [0.25, 0.3) is 0 Å². The minimum Gasteiger partial charge on any atom is -0.477 e. The summed E-state index contributed by atoms with van der Waals surface area (Å²) in [6, 6.07) is 2.26. The van der Waals surface area contributed by atoms with Crippen LogP contribution in [0.4, 0.5) is 5.95 Å². The molecule has 6 nitrogen and oxygen atoms in total. The third kappa shape index (κ3) is 3.69. The number of aromatic nitrogens is 2. The molecule has 0 unspecified atom stereocenters. The number of carboxylic acids is 1. The van der Waals surface area contributed by atoms with Gasteiger partial charge in [-0.3, -0.25) is 0 Å². The third-order valence-electron chi connectivity index (χ3n) is 5.11. The van der Waals surface area contributed by atoms with Gasteiger partial charge in [0.15, 0.2) is 5.69 Å².